The molecule has 0 bridgehead atoms. The summed E-state index contributed by atoms with van der Waals surface area (Å²) in [5.41, 5.74) is 0.503. The van der Waals surface area contributed by atoms with E-state index in [-0.39, 0.29) is 23.3 Å². The Bertz CT molecular complexity index is 581. The van der Waals surface area contributed by atoms with Gasteiger partial charge in [-0.25, -0.2) is 8.42 Å². The summed E-state index contributed by atoms with van der Waals surface area (Å²) in [7, 11) is -3.60. The van der Waals surface area contributed by atoms with Gasteiger partial charge in [-0.15, -0.1) is 0 Å². The summed E-state index contributed by atoms with van der Waals surface area (Å²) in [6, 6.07) is 0. The summed E-state index contributed by atoms with van der Waals surface area (Å²) in [5.74, 6) is -0.706. The van der Waals surface area contributed by atoms with Crippen molar-refractivity contribution in [2.75, 3.05) is 19.7 Å². The Labute approximate surface area is 118 Å². The van der Waals surface area contributed by atoms with Crippen LogP contribution in [0.25, 0.3) is 0 Å². The van der Waals surface area contributed by atoms with Gasteiger partial charge in [0.15, 0.2) is 0 Å². The van der Waals surface area contributed by atoms with E-state index in [0.717, 1.165) is 0 Å². The van der Waals surface area contributed by atoms with E-state index in [2.05, 4.69) is 10.2 Å². The van der Waals surface area contributed by atoms with Crippen molar-refractivity contribution in [2.24, 2.45) is 5.92 Å². The number of aromatic amines is 1. The summed E-state index contributed by atoms with van der Waals surface area (Å²) < 4.78 is 31.3. The van der Waals surface area contributed by atoms with Crippen molar-refractivity contribution in [3.63, 3.8) is 0 Å². The first-order chi connectivity index (χ1) is 9.46. The molecule has 0 spiro atoms. The highest BCUT2D eigenvalue weighted by atomic mass is 32.2. The number of nitrogens with zero attached hydrogens (tertiary/aromatic N) is 2. The Morgan fingerprint density at radius 1 is 1.60 bits per heavy atom. The molecule has 1 aliphatic rings. The van der Waals surface area contributed by atoms with Crippen LogP contribution in [0.15, 0.2) is 11.1 Å². The number of piperidine rings is 1. The number of hydrogen-bond acceptors (Lipinski definition) is 5. The molecule has 0 aliphatic carbocycles. The number of H-pyrrole nitrogens is 1. The monoisotopic (exact) mass is 301 g/mol. The second-order valence-corrected chi connectivity index (χ2v) is 6.72. The van der Waals surface area contributed by atoms with Crippen LogP contribution >= 0.6 is 0 Å². The number of rotatable bonds is 4. The molecule has 1 aliphatic heterocycles. The number of nitrogens with one attached hydrogen (secondary N) is 1. The Morgan fingerprint density at radius 3 is 2.95 bits per heavy atom. The van der Waals surface area contributed by atoms with E-state index in [1.54, 1.807) is 13.8 Å². The van der Waals surface area contributed by atoms with Crippen LogP contribution in [0.3, 0.4) is 0 Å². The lowest BCUT2D eigenvalue weighted by molar-refractivity contribution is -0.149. The molecule has 8 heteroatoms. The van der Waals surface area contributed by atoms with E-state index in [1.165, 1.54) is 10.5 Å². The van der Waals surface area contributed by atoms with Crippen LogP contribution in [-0.4, -0.2) is 48.6 Å². The maximum atomic E-state index is 12.5. The van der Waals surface area contributed by atoms with Gasteiger partial charge in [0.1, 0.15) is 4.90 Å². The van der Waals surface area contributed by atoms with Crippen molar-refractivity contribution in [1.82, 2.24) is 14.5 Å². The smallest absolute Gasteiger partial charge is 0.310 e. The number of esters is 1. The Kier molecular flexibility index (Phi) is 4.44. The molecule has 7 nitrogen and oxygen atoms in total. The molecule has 0 radical (unpaired) electrons. The quantitative estimate of drug-likeness (QED) is 0.826. The zero-order valence-corrected chi connectivity index (χ0v) is 12.4. The fourth-order valence-corrected chi connectivity index (χ4v) is 3.99. The van der Waals surface area contributed by atoms with Crippen LogP contribution in [-0.2, 0) is 19.6 Å². The average Bonchev–Trinajstić information content (AvgIpc) is 2.86. The number of carbonyl (C=O) groups excluding carboxylic acids is 1. The molecule has 1 aromatic heterocycles. The topological polar surface area (TPSA) is 92.4 Å². The number of sulfonamides is 1. The van der Waals surface area contributed by atoms with Crippen LogP contribution in [0.1, 0.15) is 25.5 Å². The normalized spacial score (nSPS) is 20.8. The van der Waals surface area contributed by atoms with Gasteiger partial charge in [0.2, 0.25) is 10.0 Å². The van der Waals surface area contributed by atoms with E-state index < -0.39 is 10.0 Å². The lowest BCUT2D eigenvalue weighted by atomic mass is 10.0. The molecule has 0 saturated carbocycles. The van der Waals surface area contributed by atoms with Gasteiger partial charge in [-0.05, 0) is 26.7 Å². The third-order valence-electron chi connectivity index (χ3n) is 3.41. The number of ether oxygens (including phenoxy) is 1. The average molecular weight is 301 g/mol. The van der Waals surface area contributed by atoms with Gasteiger partial charge in [0, 0.05) is 13.1 Å². The molecule has 1 N–H and O–H groups in total. The first-order valence-corrected chi connectivity index (χ1v) is 8.07. The highest BCUT2D eigenvalue weighted by Gasteiger charge is 2.35. The molecule has 0 aromatic carbocycles. The van der Waals surface area contributed by atoms with Gasteiger partial charge in [-0.3, -0.25) is 9.89 Å². The molecular formula is C12H19N3O4S. The molecule has 1 fully saturated rings. The standard InChI is InChI=1S/C12H19N3O4S/c1-3-19-12(16)10-5-4-6-15(8-10)20(17,18)11-7-13-14-9(11)2/h7,10H,3-6,8H2,1-2H3,(H,13,14)/t10-/m0/s1. The van der Waals surface area contributed by atoms with Crippen molar-refractivity contribution < 1.29 is 17.9 Å². The predicted molar refractivity (Wildman–Crippen MR) is 71.4 cm³/mol. The van der Waals surface area contributed by atoms with Crippen molar-refractivity contribution in [3.05, 3.63) is 11.9 Å². The lowest BCUT2D eigenvalue weighted by Gasteiger charge is -2.30. The molecule has 2 rings (SSSR count). The van der Waals surface area contributed by atoms with E-state index in [1.807, 2.05) is 0 Å². The summed E-state index contributed by atoms with van der Waals surface area (Å²) >= 11 is 0. The third-order valence-corrected chi connectivity index (χ3v) is 5.38. The van der Waals surface area contributed by atoms with Crippen LogP contribution in [0.4, 0.5) is 0 Å². The molecule has 1 aromatic rings. The van der Waals surface area contributed by atoms with Crippen molar-refractivity contribution in [1.29, 1.82) is 0 Å². The van der Waals surface area contributed by atoms with Crippen molar-refractivity contribution in [3.8, 4) is 0 Å². The second-order valence-electron chi connectivity index (χ2n) is 4.81. The van der Waals surface area contributed by atoms with E-state index in [9.17, 15) is 13.2 Å². The third kappa shape index (κ3) is 2.85. The minimum absolute atomic E-state index is 0.169. The van der Waals surface area contributed by atoms with E-state index in [0.29, 0.717) is 31.7 Å². The van der Waals surface area contributed by atoms with E-state index in [4.69, 9.17) is 4.74 Å². The molecule has 2 heterocycles. The summed E-state index contributed by atoms with van der Waals surface area (Å²) in [5, 5.41) is 6.36. The van der Waals surface area contributed by atoms with Crippen molar-refractivity contribution in [2.45, 2.75) is 31.6 Å². The van der Waals surface area contributed by atoms with Gasteiger partial charge in [0.25, 0.3) is 0 Å². The zero-order valence-electron chi connectivity index (χ0n) is 11.6. The summed E-state index contributed by atoms with van der Waals surface area (Å²) in [6.07, 6.45) is 2.62. The van der Waals surface area contributed by atoms with Crippen LogP contribution in [0.2, 0.25) is 0 Å². The fraction of sp³-hybridized carbons (Fsp3) is 0.667. The van der Waals surface area contributed by atoms with Crippen molar-refractivity contribution >= 4 is 16.0 Å². The number of aryl methyl sites for hydroxylation is 1. The molecule has 1 saturated heterocycles. The van der Waals surface area contributed by atoms with E-state index >= 15 is 0 Å². The van der Waals surface area contributed by atoms with Crippen LogP contribution in [0, 0.1) is 12.8 Å². The Hall–Kier alpha value is -1.41. The maximum absolute atomic E-state index is 12.5. The SMILES string of the molecule is CCOC(=O)[C@H]1CCCN(S(=O)(=O)c2cn[nH]c2C)C1. The highest BCUT2D eigenvalue weighted by molar-refractivity contribution is 7.89. The molecule has 0 unspecified atom stereocenters. The number of carbonyl (C=O) groups is 1. The minimum Gasteiger partial charge on any atom is -0.466 e. The zero-order chi connectivity index (χ0) is 14.8. The highest BCUT2D eigenvalue weighted by Crippen LogP contribution is 2.25. The molecule has 20 heavy (non-hydrogen) atoms. The van der Waals surface area contributed by atoms with Crippen LogP contribution in [0.5, 0.6) is 0 Å². The van der Waals surface area contributed by atoms with Gasteiger partial charge < -0.3 is 4.74 Å². The van der Waals surface area contributed by atoms with Gasteiger partial charge in [0.05, 0.1) is 24.4 Å². The predicted octanol–water partition coefficient (Wildman–Crippen LogP) is 0.682. The van der Waals surface area contributed by atoms with Gasteiger partial charge in [-0.2, -0.15) is 9.40 Å². The molecule has 0 amide bonds. The maximum Gasteiger partial charge on any atom is 0.310 e. The molecular weight excluding hydrogens is 282 g/mol. The Balaban J connectivity index is 2.17. The summed E-state index contributed by atoms with van der Waals surface area (Å²) in [4.78, 5) is 11.9. The Morgan fingerprint density at radius 2 is 2.35 bits per heavy atom. The second kappa shape index (κ2) is 5.92. The largest absolute Gasteiger partial charge is 0.466 e. The number of aromatic nitrogens is 2. The van der Waals surface area contributed by atoms with Crippen LogP contribution < -0.4 is 0 Å². The first-order valence-electron chi connectivity index (χ1n) is 6.63. The lowest BCUT2D eigenvalue weighted by Crippen LogP contribution is -2.42. The fourth-order valence-electron chi connectivity index (χ4n) is 2.35. The molecule has 112 valence electrons. The van der Waals surface area contributed by atoms with Gasteiger partial charge in [-0.1, -0.05) is 0 Å². The minimum atomic E-state index is -3.60. The number of hydrogen-bond donors (Lipinski definition) is 1. The summed E-state index contributed by atoms with van der Waals surface area (Å²) in [6.45, 7) is 4.30. The first kappa shape index (κ1) is 15.0. The van der Waals surface area contributed by atoms with Gasteiger partial charge >= 0.3 is 5.97 Å². The molecule has 1 atom stereocenters.